The third-order valence-corrected chi connectivity index (χ3v) is 2.56. The van der Waals surface area contributed by atoms with E-state index >= 15 is 0 Å². The second kappa shape index (κ2) is 6.06. The lowest BCUT2D eigenvalue weighted by Crippen LogP contribution is -2.02. The standard InChI is InChI=1S/C10H19N3S/c1-9-11-10(2)13(12-9)7-5-3-4-6-8-14/h14H,3-8H2,1-2H3. The van der Waals surface area contributed by atoms with Crippen LogP contribution >= 0.6 is 12.6 Å². The number of thiol groups is 1. The average molecular weight is 213 g/mol. The number of unbranched alkanes of at least 4 members (excludes halogenated alkanes) is 3. The summed E-state index contributed by atoms with van der Waals surface area (Å²) in [7, 11) is 0. The van der Waals surface area contributed by atoms with Crippen molar-refractivity contribution in [1.82, 2.24) is 14.8 Å². The molecule has 4 heteroatoms. The van der Waals surface area contributed by atoms with Crippen LogP contribution in [0.25, 0.3) is 0 Å². The molecule has 0 amide bonds. The highest BCUT2D eigenvalue weighted by molar-refractivity contribution is 7.80. The van der Waals surface area contributed by atoms with Crippen LogP contribution in [0.15, 0.2) is 0 Å². The second-order valence-corrected chi connectivity index (χ2v) is 4.01. The van der Waals surface area contributed by atoms with Crippen LogP contribution in [0.1, 0.15) is 37.3 Å². The van der Waals surface area contributed by atoms with Crippen LogP contribution in [-0.4, -0.2) is 20.5 Å². The number of hydrogen-bond acceptors (Lipinski definition) is 3. The monoisotopic (exact) mass is 213 g/mol. The van der Waals surface area contributed by atoms with E-state index in [0.717, 1.165) is 23.9 Å². The molecule has 0 aliphatic heterocycles. The van der Waals surface area contributed by atoms with Gasteiger partial charge in [-0.05, 0) is 32.4 Å². The van der Waals surface area contributed by atoms with Gasteiger partial charge < -0.3 is 0 Å². The van der Waals surface area contributed by atoms with E-state index in [2.05, 4.69) is 22.7 Å². The van der Waals surface area contributed by atoms with Gasteiger partial charge in [-0.15, -0.1) is 0 Å². The molecule has 0 saturated carbocycles. The zero-order valence-corrected chi connectivity index (χ0v) is 9.93. The van der Waals surface area contributed by atoms with Gasteiger partial charge >= 0.3 is 0 Å². The summed E-state index contributed by atoms with van der Waals surface area (Å²) in [5.74, 6) is 2.90. The maximum absolute atomic E-state index is 4.32. The highest BCUT2D eigenvalue weighted by atomic mass is 32.1. The van der Waals surface area contributed by atoms with Crippen molar-refractivity contribution in [3.63, 3.8) is 0 Å². The largest absolute Gasteiger partial charge is 0.250 e. The third kappa shape index (κ3) is 3.70. The van der Waals surface area contributed by atoms with Crippen LogP contribution in [0.5, 0.6) is 0 Å². The Morgan fingerprint density at radius 1 is 1.14 bits per heavy atom. The highest BCUT2D eigenvalue weighted by Crippen LogP contribution is 2.04. The molecule has 0 aromatic carbocycles. The van der Waals surface area contributed by atoms with Crippen molar-refractivity contribution in [2.24, 2.45) is 0 Å². The molecule has 0 N–H and O–H groups in total. The first-order valence-corrected chi connectivity index (χ1v) is 5.86. The summed E-state index contributed by atoms with van der Waals surface area (Å²) in [6.07, 6.45) is 4.95. The van der Waals surface area contributed by atoms with Gasteiger partial charge in [0.15, 0.2) is 0 Å². The van der Waals surface area contributed by atoms with Gasteiger partial charge in [0.05, 0.1) is 0 Å². The summed E-state index contributed by atoms with van der Waals surface area (Å²) in [5.41, 5.74) is 0. The van der Waals surface area contributed by atoms with Gasteiger partial charge in [0.25, 0.3) is 0 Å². The van der Waals surface area contributed by atoms with Crippen molar-refractivity contribution in [3.8, 4) is 0 Å². The molecule has 80 valence electrons. The number of aromatic nitrogens is 3. The minimum atomic E-state index is 0.873. The molecule has 0 atom stereocenters. The van der Waals surface area contributed by atoms with E-state index in [0.29, 0.717) is 0 Å². The molecule has 0 aliphatic rings. The Bertz CT molecular complexity index is 270. The average Bonchev–Trinajstić information content (AvgIpc) is 2.45. The van der Waals surface area contributed by atoms with Gasteiger partial charge in [0.2, 0.25) is 0 Å². The van der Waals surface area contributed by atoms with E-state index in [1.165, 1.54) is 25.7 Å². The van der Waals surface area contributed by atoms with E-state index < -0.39 is 0 Å². The number of hydrogen-bond donors (Lipinski definition) is 1. The van der Waals surface area contributed by atoms with Crippen molar-refractivity contribution in [1.29, 1.82) is 0 Å². The summed E-state index contributed by atoms with van der Waals surface area (Å²) in [6.45, 7) is 4.94. The summed E-state index contributed by atoms with van der Waals surface area (Å²) in [6, 6.07) is 0. The first-order valence-electron chi connectivity index (χ1n) is 5.23. The first-order chi connectivity index (χ1) is 6.74. The van der Waals surface area contributed by atoms with Gasteiger partial charge in [0.1, 0.15) is 11.6 Å². The van der Waals surface area contributed by atoms with Crippen LogP contribution in [0.4, 0.5) is 0 Å². The Kier molecular flexibility index (Phi) is 5.01. The zero-order chi connectivity index (χ0) is 10.4. The number of rotatable bonds is 6. The number of aryl methyl sites for hydroxylation is 3. The van der Waals surface area contributed by atoms with Crippen LogP contribution in [0.3, 0.4) is 0 Å². The predicted molar refractivity (Wildman–Crippen MR) is 61.8 cm³/mol. The van der Waals surface area contributed by atoms with E-state index in [-0.39, 0.29) is 0 Å². The Hall–Kier alpha value is -0.510. The second-order valence-electron chi connectivity index (χ2n) is 3.57. The molecule has 3 nitrogen and oxygen atoms in total. The van der Waals surface area contributed by atoms with Crippen LogP contribution in [0.2, 0.25) is 0 Å². The smallest absolute Gasteiger partial charge is 0.147 e. The molecular formula is C10H19N3S. The molecule has 0 unspecified atom stereocenters. The van der Waals surface area contributed by atoms with Crippen molar-refractivity contribution in [2.45, 2.75) is 46.1 Å². The minimum absolute atomic E-state index is 0.873. The molecule has 0 radical (unpaired) electrons. The van der Waals surface area contributed by atoms with Crippen molar-refractivity contribution in [3.05, 3.63) is 11.6 Å². The summed E-state index contributed by atoms with van der Waals surface area (Å²) < 4.78 is 2.00. The topological polar surface area (TPSA) is 30.7 Å². The maximum Gasteiger partial charge on any atom is 0.147 e. The fraction of sp³-hybridized carbons (Fsp3) is 0.800. The van der Waals surface area contributed by atoms with Gasteiger partial charge in [-0.25, -0.2) is 4.98 Å². The Morgan fingerprint density at radius 3 is 2.43 bits per heavy atom. The zero-order valence-electron chi connectivity index (χ0n) is 9.03. The number of nitrogens with zero attached hydrogens (tertiary/aromatic N) is 3. The molecule has 1 aromatic heterocycles. The third-order valence-electron chi connectivity index (χ3n) is 2.24. The molecule has 0 fully saturated rings. The SMILES string of the molecule is Cc1nc(C)n(CCCCCCS)n1. The summed E-state index contributed by atoms with van der Waals surface area (Å²) >= 11 is 4.18. The lowest BCUT2D eigenvalue weighted by atomic mass is 10.2. The molecule has 1 aromatic rings. The Labute approximate surface area is 91.3 Å². The molecule has 1 rings (SSSR count). The normalized spacial score (nSPS) is 10.8. The van der Waals surface area contributed by atoms with E-state index in [1.54, 1.807) is 0 Å². The maximum atomic E-state index is 4.32. The van der Waals surface area contributed by atoms with Crippen molar-refractivity contribution >= 4 is 12.6 Å². The fourth-order valence-corrected chi connectivity index (χ4v) is 1.72. The predicted octanol–water partition coefficient (Wildman–Crippen LogP) is 2.39. The van der Waals surface area contributed by atoms with Gasteiger partial charge in [-0.1, -0.05) is 12.8 Å². The summed E-state index contributed by atoms with van der Waals surface area (Å²) in [4.78, 5) is 4.27. The van der Waals surface area contributed by atoms with E-state index in [4.69, 9.17) is 0 Å². The van der Waals surface area contributed by atoms with Gasteiger partial charge in [0, 0.05) is 6.54 Å². The lowest BCUT2D eigenvalue weighted by molar-refractivity contribution is 0.529. The molecule has 0 saturated heterocycles. The first kappa shape index (κ1) is 11.6. The lowest BCUT2D eigenvalue weighted by Gasteiger charge is -2.02. The van der Waals surface area contributed by atoms with Gasteiger partial charge in [-0.2, -0.15) is 17.7 Å². The molecule has 14 heavy (non-hydrogen) atoms. The summed E-state index contributed by atoms with van der Waals surface area (Å²) in [5, 5.41) is 4.32. The molecular weight excluding hydrogens is 194 g/mol. The van der Waals surface area contributed by atoms with Crippen LogP contribution < -0.4 is 0 Å². The van der Waals surface area contributed by atoms with Crippen LogP contribution in [-0.2, 0) is 6.54 Å². The van der Waals surface area contributed by atoms with Crippen molar-refractivity contribution in [2.75, 3.05) is 5.75 Å². The van der Waals surface area contributed by atoms with Crippen molar-refractivity contribution < 1.29 is 0 Å². The fourth-order valence-electron chi connectivity index (χ4n) is 1.50. The Morgan fingerprint density at radius 2 is 1.86 bits per heavy atom. The molecule has 1 heterocycles. The molecule has 0 aliphatic carbocycles. The molecule has 0 bridgehead atoms. The van der Waals surface area contributed by atoms with Gasteiger partial charge in [-0.3, -0.25) is 4.68 Å². The van der Waals surface area contributed by atoms with E-state index in [9.17, 15) is 0 Å². The Balaban J connectivity index is 2.21. The quantitative estimate of drug-likeness (QED) is 0.581. The minimum Gasteiger partial charge on any atom is -0.250 e. The van der Waals surface area contributed by atoms with Crippen LogP contribution in [0, 0.1) is 13.8 Å². The highest BCUT2D eigenvalue weighted by Gasteiger charge is 2.00. The van der Waals surface area contributed by atoms with E-state index in [1.807, 2.05) is 18.5 Å². The molecule has 0 spiro atoms.